The van der Waals surface area contributed by atoms with Gasteiger partial charge < -0.3 is 23.7 Å². The SMILES string of the molecule is O=C(c1ccc(-c2coc3ccoc23)cc1)N1CCN(C(=O)C2(O)CC2)CC1. The summed E-state index contributed by atoms with van der Waals surface area (Å²) in [7, 11) is 0. The first-order valence-electron chi connectivity index (χ1n) is 9.41. The number of furan rings is 2. The zero-order chi connectivity index (χ0) is 19.3. The van der Waals surface area contributed by atoms with Crippen molar-refractivity contribution >= 4 is 23.0 Å². The summed E-state index contributed by atoms with van der Waals surface area (Å²) in [5, 5.41) is 9.97. The van der Waals surface area contributed by atoms with Crippen LogP contribution in [0.25, 0.3) is 22.3 Å². The quantitative estimate of drug-likeness (QED) is 0.754. The standard InChI is InChI=1S/C21H20N2O5/c24-19(22-8-10-23(11-9-22)20(25)21(26)6-7-21)15-3-1-14(2-4-15)16-13-28-17-5-12-27-18(16)17/h1-5,12-13,26H,6-11H2. The van der Waals surface area contributed by atoms with Gasteiger partial charge in [0.1, 0.15) is 11.9 Å². The number of hydrogen-bond acceptors (Lipinski definition) is 5. The number of fused-ring (bicyclic) bond motifs is 1. The van der Waals surface area contributed by atoms with Gasteiger partial charge in [0.25, 0.3) is 11.8 Å². The highest BCUT2D eigenvalue weighted by Gasteiger charge is 2.50. The van der Waals surface area contributed by atoms with Crippen LogP contribution < -0.4 is 0 Å². The molecule has 1 aliphatic heterocycles. The first kappa shape index (κ1) is 17.1. The van der Waals surface area contributed by atoms with Crippen molar-refractivity contribution in [2.45, 2.75) is 18.4 Å². The third kappa shape index (κ3) is 2.79. The molecule has 1 aromatic carbocycles. The van der Waals surface area contributed by atoms with Crippen LogP contribution in [-0.4, -0.2) is 58.5 Å². The van der Waals surface area contributed by atoms with Crippen molar-refractivity contribution in [1.29, 1.82) is 0 Å². The molecule has 2 fully saturated rings. The van der Waals surface area contributed by atoms with Crippen LogP contribution in [0.15, 0.2) is 51.7 Å². The molecule has 2 amide bonds. The van der Waals surface area contributed by atoms with Crippen LogP contribution in [0.1, 0.15) is 23.2 Å². The molecule has 7 heteroatoms. The maximum atomic E-state index is 12.8. The van der Waals surface area contributed by atoms with E-state index in [1.807, 2.05) is 12.1 Å². The highest BCUT2D eigenvalue weighted by molar-refractivity contribution is 5.96. The Balaban J connectivity index is 1.26. The average molecular weight is 380 g/mol. The number of piperazine rings is 1. The molecule has 0 radical (unpaired) electrons. The summed E-state index contributed by atoms with van der Waals surface area (Å²) in [6.45, 7) is 1.85. The lowest BCUT2D eigenvalue weighted by Gasteiger charge is -2.35. The zero-order valence-electron chi connectivity index (χ0n) is 15.3. The van der Waals surface area contributed by atoms with E-state index in [-0.39, 0.29) is 11.8 Å². The maximum absolute atomic E-state index is 12.8. The summed E-state index contributed by atoms with van der Waals surface area (Å²) in [6, 6.07) is 9.11. The molecular weight excluding hydrogens is 360 g/mol. The minimum absolute atomic E-state index is 0.0564. The molecule has 0 bridgehead atoms. The average Bonchev–Trinajstić information content (AvgIpc) is 3.14. The van der Waals surface area contributed by atoms with Gasteiger partial charge in [-0.05, 0) is 30.5 Å². The van der Waals surface area contributed by atoms with E-state index >= 15 is 0 Å². The number of carbonyl (C=O) groups is 2. The predicted molar refractivity (Wildman–Crippen MR) is 101 cm³/mol. The Morgan fingerprint density at radius 3 is 2.29 bits per heavy atom. The van der Waals surface area contributed by atoms with E-state index in [2.05, 4.69) is 0 Å². The predicted octanol–water partition coefficient (Wildman–Crippen LogP) is 2.50. The van der Waals surface area contributed by atoms with E-state index in [0.29, 0.717) is 55.8 Å². The molecule has 5 rings (SSSR count). The number of hydrogen-bond donors (Lipinski definition) is 1. The third-order valence-electron chi connectivity index (χ3n) is 5.60. The van der Waals surface area contributed by atoms with Crippen molar-refractivity contribution < 1.29 is 23.5 Å². The van der Waals surface area contributed by atoms with Crippen molar-refractivity contribution in [3.8, 4) is 11.1 Å². The highest BCUT2D eigenvalue weighted by atomic mass is 16.4. The van der Waals surface area contributed by atoms with Gasteiger partial charge in [-0.15, -0.1) is 0 Å². The summed E-state index contributed by atoms with van der Waals surface area (Å²) in [5.74, 6) is -0.257. The van der Waals surface area contributed by atoms with Crippen molar-refractivity contribution in [2.24, 2.45) is 0 Å². The van der Waals surface area contributed by atoms with Gasteiger partial charge in [-0.3, -0.25) is 9.59 Å². The van der Waals surface area contributed by atoms with Crippen molar-refractivity contribution in [1.82, 2.24) is 9.80 Å². The second-order valence-electron chi connectivity index (χ2n) is 7.46. The van der Waals surface area contributed by atoms with Gasteiger partial charge in [0.05, 0.1) is 11.8 Å². The normalized spacial score (nSPS) is 18.5. The van der Waals surface area contributed by atoms with E-state index in [9.17, 15) is 14.7 Å². The summed E-state index contributed by atoms with van der Waals surface area (Å²) in [4.78, 5) is 28.4. The number of nitrogens with zero attached hydrogens (tertiary/aromatic N) is 2. The molecule has 1 saturated heterocycles. The molecule has 0 unspecified atom stereocenters. The lowest BCUT2D eigenvalue weighted by molar-refractivity contribution is -0.143. The molecule has 2 aliphatic rings. The van der Waals surface area contributed by atoms with Gasteiger partial charge >= 0.3 is 0 Å². The third-order valence-corrected chi connectivity index (χ3v) is 5.60. The van der Waals surface area contributed by atoms with Crippen molar-refractivity contribution in [2.75, 3.05) is 26.2 Å². The first-order chi connectivity index (χ1) is 13.5. The number of aliphatic hydroxyl groups is 1. The molecule has 0 spiro atoms. The fraction of sp³-hybridized carbons (Fsp3) is 0.333. The summed E-state index contributed by atoms with van der Waals surface area (Å²) >= 11 is 0. The zero-order valence-corrected chi connectivity index (χ0v) is 15.3. The number of rotatable bonds is 3. The fourth-order valence-corrected chi connectivity index (χ4v) is 3.68. The van der Waals surface area contributed by atoms with Crippen molar-refractivity contribution in [3.63, 3.8) is 0 Å². The van der Waals surface area contributed by atoms with Crippen LogP contribution in [0.3, 0.4) is 0 Å². The molecular formula is C21H20N2O5. The molecule has 1 saturated carbocycles. The Hall–Kier alpha value is -3.06. The lowest BCUT2D eigenvalue weighted by atomic mass is 10.1. The molecule has 1 N–H and O–H groups in total. The fourth-order valence-electron chi connectivity index (χ4n) is 3.68. The number of carbonyl (C=O) groups excluding carboxylic acids is 2. The van der Waals surface area contributed by atoms with Gasteiger partial charge in [0, 0.05) is 37.8 Å². The van der Waals surface area contributed by atoms with Crippen LogP contribution in [0, 0.1) is 0 Å². The van der Waals surface area contributed by atoms with Crippen LogP contribution >= 0.6 is 0 Å². The first-order valence-corrected chi connectivity index (χ1v) is 9.41. The van der Waals surface area contributed by atoms with E-state index in [1.54, 1.807) is 40.5 Å². The Bertz CT molecular complexity index is 1040. The number of benzene rings is 1. The Morgan fingerprint density at radius 2 is 1.61 bits per heavy atom. The number of amides is 2. The van der Waals surface area contributed by atoms with Crippen LogP contribution in [0.2, 0.25) is 0 Å². The second-order valence-corrected chi connectivity index (χ2v) is 7.46. The Labute approximate surface area is 161 Å². The van der Waals surface area contributed by atoms with Gasteiger partial charge in [-0.25, -0.2) is 0 Å². The molecule has 3 heterocycles. The molecule has 28 heavy (non-hydrogen) atoms. The van der Waals surface area contributed by atoms with E-state index < -0.39 is 5.60 Å². The lowest BCUT2D eigenvalue weighted by Crippen LogP contribution is -2.53. The summed E-state index contributed by atoms with van der Waals surface area (Å²) < 4.78 is 10.9. The molecule has 144 valence electrons. The van der Waals surface area contributed by atoms with Crippen LogP contribution in [0.4, 0.5) is 0 Å². The topological polar surface area (TPSA) is 87.1 Å². The molecule has 3 aromatic rings. The minimum Gasteiger partial charge on any atom is -0.460 e. The monoisotopic (exact) mass is 380 g/mol. The molecule has 1 aliphatic carbocycles. The second kappa shape index (κ2) is 6.24. The maximum Gasteiger partial charge on any atom is 0.254 e. The van der Waals surface area contributed by atoms with Gasteiger partial charge in [-0.2, -0.15) is 0 Å². The van der Waals surface area contributed by atoms with Crippen LogP contribution in [0.5, 0.6) is 0 Å². The summed E-state index contributed by atoms with van der Waals surface area (Å²) in [6.07, 6.45) is 4.31. The Kier molecular flexibility index (Phi) is 3.80. The van der Waals surface area contributed by atoms with Gasteiger partial charge in [-0.1, -0.05) is 12.1 Å². The van der Waals surface area contributed by atoms with Gasteiger partial charge in [0.2, 0.25) is 0 Å². The van der Waals surface area contributed by atoms with E-state index in [1.165, 1.54) is 0 Å². The van der Waals surface area contributed by atoms with Gasteiger partial charge in [0.15, 0.2) is 11.2 Å². The van der Waals surface area contributed by atoms with E-state index in [0.717, 1.165) is 11.1 Å². The highest BCUT2D eigenvalue weighted by Crippen LogP contribution is 2.37. The largest absolute Gasteiger partial charge is 0.460 e. The molecule has 2 aromatic heterocycles. The molecule has 0 atom stereocenters. The molecule has 7 nitrogen and oxygen atoms in total. The Morgan fingerprint density at radius 1 is 0.929 bits per heavy atom. The smallest absolute Gasteiger partial charge is 0.254 e. The summed E-state index contributed by atoms with van der Waals surface area (Å²) in [5.41, 5.74) is 2.61. The minimum atomic E-state index is -1.14. The van der Waals surface area contributed by atoms with Crippen molar-refractivity contribution in [3.05, 3.63) is 48.4 Å². The van der Waals surface area contributed by atoms with E-state index in [4.69, 9.17) is 8.83 Å². The van der Waals surface area contributed by atoms with Crippen LogP contribution in [-0.2, 0) is 4.79 Å².